The maximum Gasteiger partial charge on any atom is 0.279 e. The Morgan fingerprint density at radius 1 is 1.17 bits per heavy atom. The van der Waals surface area contributed by atoms with Crippen LogP contribution in [0.15, 0.2) is 23.0 Å². The van der Waals surface area contributed by atoms with Crippen LogP contribution in [0.1, 0.15) is 31.9 Å². The summed E-state index contributed by atoms with van der Waals surface area (Å²) in [5, 5.41) is 8.56. The van der Waals surface area contributed by atoms with Gasteiger partial charge in [-0.15, -0.1) is 16.4 Å². The molecule has 5 nitrogen and oxygen atoms in total. The molecule has 0 amide bonds. The van der Waals surface area contributed by atoms with Crippen LogP contribution in [0.2, 0.25) is 0 Å². The average Bonchev–Trinajstić information content (AvgIpc) is 2.80. The van der Waals surface area contributed by atoms with E-state index in [4.69, 9.17) is 0 Å². The minimum absolute atomic E-state index is 0.0986. The fraction of sp³-hybridized carbons (Fsp3) is 0.294. The van der Waals surface area contributed by atoms with Crippen molar-refractivity contribution in [3.8, 4) is 0 Å². The maximum atomic E-state index is 12.6. The van der Waals surface area contributed by atoms with Gasteiger partial charge in [0.05, 0.1) is 5.39 Å². The summed E-state index contributed by atoms with van der Waals surface area (Å²) in [6, 6.07) is 5.53. The maximum absolute atomic E-state index is 12.6. The highest BCUT2D eigenvalue weighted by Gasteiger charge is 2.16. The van der Waals surface area contributed by atoms with Crippen LogP contribution in [0.4, 0.5) is 0 Å². The lowest BCUT2D eigenvalue weighted by atomic mass is 10.0. The molecule has 0 spiro atoms. The number of nitrogens with zero attached hydrogens (tertiary/aromatic N) is 3. The van der Waals surface area contributed by atoms with Crippen LogP contribution in [0, 0.1) is 27.7 Å². The third-order valence-corrected chi connectivity index (χ3v) is 5.27. The molecule has 0 N–H and O–H groups in total. The first-order chi connectivity index (χ1) is 10.9. The van der Waals surface area contributed by atoms with Crippen LogP contribution < -0.4 is 5.56 Å². The molecule has 0 atom stereocenters. The Morgan fingerprint density at radius 2 is 1.91 bits per heavy atom. The van der Waals surface area contributed by atoms with Crippen molar-refractivity contribution in [3.05, 3.63) is 55.7 Å². The number of carbonyl (C=O) groups is 1. The highest BCUT2D eigenvalue weighted by atomic mass is 32.1. The summed E-state index contributed by atoms with van der Waals surface area (Å²) in [4.78, 5) is 26.7. The topological polar surface area (TPSA) is 64.8 Å². The number of Topliss-reactive ketones (excluding diaryl/α,β-unsaturated/α-hetero) is 1. The van der Waals surface area contributed by atoms with Crippen molar-refractivity contribution in [2.75, 3.05) is 0 Å². The van der Waals surface area contributed by atoms with E-state index in [0.717, 1.165) is 26.2 Å². The predicted octanol–water partition coefficient (Wildman–Crippen LogP) is 2.97. The van der Waals surface area contributed by atoms with Crippen molar-refractivity contribution in [2.45, 2.75) is 34.2 Å². The number of hydrogen-bond acceptors (Lipinski definition) is 5. The van der Waals surface area contributed by atoms with Gasteiger partial charge in [-0.25, -0.2) is 4.68 Å². The standard InChI is InChI=1S/C17H17N3O2S/c1-9-5-6-13(7-10(9)2)14(21)8-20-17(22)15-11(3)12(4)23-16(15)18-19-20/h5-7H,8H2,1-4H3. The number of thiophene rings is 1. The van der Waals surface area contributed by atoms with Gasteiger partial charge in [0.25, 0.3) is 5.56 Å². The molecular formula is C17H17N3O2S. The van der Waals surface area contributed by atoms with Gasteiger partial charge in [0.1, 0.15) is 6.54 Å². The molecule has 0 radical (unpaired) electrons. The van der Waals surface area contributed by atoms with Gasteiger partial charge in [0.2, 0.25) is 0 Å². The van der Waals surface area contributed by atoms with E-state index >= 15 is 0 Å². The van der Waals surface area contributed by atoms with E-state index in [-0.39, 0.29) is 17.9 Å². The number of benzene rings is 1. The SMILES string of the molecule is Cc1ccc(C(=O)Cn2nnc3sc(C)c(C)c3c2=O)cc1C. The number of fused-ring (bicyclic) bond motifs is 1. The van der Waals surface area contributed by atoms with E-state index in [1.807, 2.05) is 39.8 Å². The summed E-state index contributed by atoms with van der Waals surface area (Å²) >= 11 is 1.45. The number of aryl methyl sites for hydroxylation is 4. The normalized spacial score (nSPS) is 11.1. The minimum atomic E-state index is -0.256. The molecule has 0 aliphatic carbocycles. The fourth-order valence-electron chi connectivity index (χ4n) is 2.44. The van der Waals surface area contributed by atoms with E-state index in [1.54, 1.807) is 6.07 Å². The third kappa shape index (κ3) is 2.70. The zero-order chi connectivity index (χ0) is 16.7. The van der Waals surface area contributed by atoms with Crippen molar-refractivity contribution < 1.29 is 4.79 Å². The van der Waals surface area contributed by atoms with Crippen molar-refractivity contribution in [1.29, 1.82) is 0 Å². The van der Waals surface area contributed by atoms with Gasteiger partial charge >= 0.3 is 0 Å². The van der Waals surface area contributed by atoms with Crippen molar-refractivity contribution in [2.24, 2.45) is 0 Å². The monoisotopic (exact) mass is 327 g/mol. The van der Waals surface area contributed by atoms with Crippen LogP contribution >= 0.6 is 11.3 Å². The molecule has 6 heteroatoms. The highest BCUT2D eigenvalue weighted by molar-refractivity contribution is 7.18. The Hall–Kier alpha value is -2.34. The Morgan fingerprint density at radius 3 is 2.61 bits per heavy atom. The van der Waals surface area contributed by atoms with Gasteiger partial charge in [-0.1, -0.05) is 17.3 Å². The van der Waals surface area contributed by atoms with Crippen molar-refractivity contribution in [1.82, 2.24) is 15.0 Å². The van der Waals surface area contributed by atoms with Crippen LogP contribution in [0.5, 0.6) is 0 Å². The second-order valence-corrected chi connectivity index (χ2v) is 6.94. The minimum Gasteiger partial charge on any atom is -0.292 e. The average molecular weight is 327 g/mol. The van der Waals surface area contributed by atoms with E-state index < -0.39 is 0 Å². The number of hydrogen-bond donors (Lipinski definition) is 0. The summed E-state index contributed by atoms with van der Waals surface area (Å²) in [5.74, 6) is -0.145. The molecule has 0 bridgehead atoms. The number of rotatable bonds is 3. The molecule has 2 aromatic heterocycles. The third-order valence-electron chi connectivity index (χ3n) is 4.18. The molecule has 23 heavy (non-hydrogen) atoms. The summed E-state index contributed by atoms with van der Waals surface area (Å²) in [6.07, 6.45) is 0. The van der Waals surface area contributed by atoms with Gasteiger partial charge in [0, 0.05) is 10.4 Å². The molecular weight excluding hydrogens is 310 g/mol. The lowest BCUT2D eigenvalue weighted by Gasteiger charge is -2.06. The van der Waals surface area contributed by atoms with Crippen LogP contribution in [0.3, 0.4) is 0 Å². The number of carbonyl (C=O) groups excluding carboxylic acids is 1. The molecule has 0 aliphatic rings. The Labute approximate surface area is 137 Å². The van der Waals surface area contributed by atoms with Crippen LogP contribution in [-0.4, -0.2) is 20.8 Å². The van der Waals surface area contributed by atoms with E-state index in [0.29, 0.717) is 15.8 Å². The number of aromatic nitrogens is 3. The van der Waals surface area contributed by atoms with E-state index in [2.05, 4.69) is 10.3 Å². The van der Waals surface area contributed by atoms with Gasteiger partial charge in [-0.2, -0.15) is 0 Å². The Bertz CT molecular complexity index is 985. The molecule has 1 aromatic carbocycles. The first-order valence-electron chi connectivity index (χ1n) is 7.32. The van der Waals surface area contributed by atoms with E-state index in [1.165, 1.54) is 11.3 Å². The second kappa shape index (κ2) is 5.70. The van der Waals surface area contributed by atoms with Crippen molar-refractivity contribution in [3.63, 3.8) is 0 Å². The molecule has 118 valence electrons. The Balaban J connectivity index is 1.99. The molecule has 0 fully saturated rings. The molecule has 3 aromatic rings. The number of ketones is 1. The van der Waals surface area contributed by atoms with Crippen LogP contribution in [-0.2, 0) is 6.54 Å². The summed E-state index contributed by atoms with van der Waals surface area (Å²) in [6.45, 7) is 7.70. The molecule has 0 saturated heterocycles. The van der Waals surface area contributed by atoms with Gasteiger partial charge in [-0.3, -0.25) is 9.59 Å². The molecule has 0 saturated carbocycles. The summed E-state index contributed by atoms with van der Waals surface area (Å²) in [7, 11) is 0. The lowest BCUT2D eigenvalue weighted by molar-refractivity contribution is 0.0964. The highest BCUT2D eigenvalue weighted by Crippen LogP contribution is 2.24. The molecule has 0 aliphatic heterocycles. The summed E-state index contributed by atoms with van der Waals surface area (Å²) in [5.41, 5.74) is 3.42. The first kappa shape index (κ1) is 15.6. The fourth-order valence-corrected chi connectivity index (χ4v) is 3.41. The van der Waals surface area contributed by atoms with Crippen molar-refractivity contribution >= 4 is 27.3 Å². The predicted molar refractivity (Wildman–Crippen MR) is 91.4 cm³/mol. The Kier molecular flexibility index (Phi) is 3.85. The van der Waals surface area contributed by atoms with Crippen LogP contribution in [0.25, 0.3) is 10.2 Å². The molecule has 3 rings (SSSR count). The summed E-state index contributed by atoms with van der Waals surface area (Å²) < 4.78 is 1.15. The second-order valence-electron chi connectivity index (χ2n) is 5.74. The quantitative estimate of drug-likeness (QED) is 0.694. The molecule has 2 heterocycles. The zero-order valence-corrected chi connectivity index (χ0v) is 14.3. The lowest BCUT2D eigenvalue weighted by Crippen LogP contribution is -2.27. The van der Waals surface area contributed by atoms with E-state index in [9.17, 15) is 9.59 Å². The zero-order valence-electron chi connectivity index (χ0n) is 13.5. The first-order valence-corrected chi connectivity index (χ1v) is 8.14. The molecule has 0 unspecified atom stereocenters. The smallest absolute Gasteiger partial charge is 0.279 e. The van der Waals surface area contributed by atoms with Gasteiger partial charge in [-0.05, 0) is 50.5 Å². The van der Waals surface area contributed by atoms with Gasteiger partial charge in [0.15, 0.2) is 10.6 Å². The van der Waals surface area contributed by atoms with Gasteiger partial charge < -0.3 is 0 Å². The largest absolute Gasteiger partial charge is 0.292 e.